The van der Waals surface area contributed by atoms with Gasteiger partial charge < -0.3 is 14.5 Å². The fourth-order valence-electron chi connectivity index (χ4n) is 3.05. The summed E-state index contributed by atoms with van der Waals surface area (Å²) in [4.78, 5) is 16.1. The Hall–Kier alpha value is -1.97. The topological polar surface area (TPSA) is 51.3 Å². The van der Waals surface area contributed by atoms with Gasteiger partial charge in [0.15, 0.2) is 16.9 Å². The lowest BCUT2D eigenvalue weighted by molar-refractivity contribution is 0.174. The highest BCUT2D eigenvalue weighted by atomic mass is 16.7. The molecular formula is C18H23NO3. The van der Waals surface area contributed by atoms with Gasteiger partial charge in [0.1, 0.15) is 0 Å². The molecule has 0 spiro atoms. The van der Waals surface area contributed by atoms with Crippen molar-refractivity contribution in [1.29, 1.82) is 0 Å². The lowest BCUT2D eigenvalue weighted by Gasteiger charge is -2.09. The van der Waals surface area contributed by atoms with Gasteiger partial charge in [0.05, 0.1) is 5.52 Å². The highest BCUT2D eigenvalue weighted by Crippen LogP contribution is 2.34. The van der Waals surface area contributed by atoms with Crippen molar-refractivity contribution in [2.75, 3.05) is 6.79 Å². The second-order valence-corrected chi connectivity index (χ2v) is 5.97. The summed E-state index contributed by atoms with van der Waals surface area (Å²) in [5, 5.41) is 0.693. The molecule has 0 radical (unpaired) electrons. The first kappa shape index (κ1) is 14.9. The average molecular weight is 301 g/mol. The molecule has 0 aliphatic carbocycles. The second kappa shape index (κ2) is 6.42. The molecule has 0 saturated carbocycles. The summed E-state index contributed by atoms with van der Waals surface area (Å²) in [6, 6.07) is 3.66. The zero-order valence-electron chi connectivity index (χ0n) is 13.3. The molecule has 0 amide bonds. The molecule has 1 aromatic heterocycles. The van der Waals surface area contributed by atoms with E-state index in [2.05, 4.69) is 11.9 Å². The van der Waals surface area contributed by atoms with Crippen molar-refractivity contribution in [1.82, 2.24) is 4.98 Å². The fraction of sp³-hybridized carbons (Fsp3) is 0.500. The fourth-order valence-corrected chi connectivity index (χ4v) is 3.05. The van der Waals surface area contributed by atoms with E-state index < -0.39 is 0 Å². The molecule has 0 fully saturated rings. The Morgan fingerprint density at radius 2 is 1.82 bits per heavy atom. The van der Waals surface area contributed by atoms with E-state index >= 15 is 0 Å². The second-order valence-electron chi connectivity index (χ2n) is 5.97. The van der Waals surface area contributed by atoms with E-state index in [0.717, 1.165) is 29.6 Å². The van der Waals surface area contributed by atoms with Crippen LogP contribution >= 0.6 is 0 Å². The van der Waals surface area contributed by atoms with E-state index in [9.17, 15) is 4.79 Å². The van der Waals surface area contributed by atoms with Crippen LogP contribution in [0.3, 0.4) is 0 Å². The number of nitrogens with one attached hydrogen (secondary N) is 1. The van der Waals surface area contributed by atoms with E-state index in [1.54, 1.807) is 6.07 Å². The maximum atomic E-state index is 12.8. The predicted octanol–water partition coefficient (Wildman–Crippen LogP) is 4.08. The summed E-state index contributed by atoms with van der Waals surface area (Å²) in [6.07, 6.45) is 6.86. The number of pyridine rings is 1. The molecule has 22 heavy (non-hydrogen) atoms. The van der Waals surface area contributed by atoms with E-state index in [0.29, 0.717) is 16.9 Å². The predicted molar refractivity (Wildman–Crippen MR) is 87.9 cm³/mol. The van der Waals surface area contributed by atoms with E-state index in [4.69, 9.17) is 9.47 Å². The summed E-state index contributed by atoms with van der Waals surface area (Å²) in [5.74, 6) is 1.37. The van der Waals surface area contributed by atoms with Crippen molar-refractivity contribution >= 4 is 10.9 Å². The summed E-state index contributed by atoms with van der Waals surface area (Å²) < 4.78 is 10.8. The number of hydrogen-bond donors (Lipinski definition) is 1. The van der Waals surface area contributed by atoms with Gasteiger partial charge in [-0.25, -0.2) is 0 Å². The summed E-state index contributed by atoms with van der Waals surface area (Å²) in [7, 11) is 0. The highest BCUT2D eigenvalue weighted by Gasteiger charge is 2.17. The van der Waals surface area contributed by atoms with Crippen LogP contribution in [-0.4, -0.2) is 11.8 Å². The summed E-state index contributed by atoms with van der Waals surface area (Å²) in [6.45, 7) is 4.42. The van der Waals surface area contributed by atoms with Crippen molar-refractivity contribution in [3.63, 3.8) is 0 Å². The van der Waals surface area contributed by atoms with Crippen LogP contribution in [0, 0.1) is 6.92 Å². The Morgan fingerprint density at radius 3 is 2.59 bits per heavy atom. The Morgan fingerprint density at radius 1 is 1.09 bits per heavy atom. The van der Waals surface area contributed by atoms with Gasteiger partial charge in [-0.05, 0) is 25.8 Å². The quantitative estimate of drug-likeness (QED) is 0.818. The van der Waals surface area contributed by atoms with Gasteiger partial charge >= 0.3 is 0 Å². The van der Waals surface area contributed by atoms with Crippen LogP contribution in [-0.2, 0) is 6.42 Å². The molecule has 2 heterocycles. The molecule has 1 aliphatic rings. The number of aryl methyl sites for hydroxylation is 1. The summed E-state index contributed by atoms with van der Waals surface area (Å²) >= 11 is 0. The molecule has 3 rings (SSSR count). The molecule has 2 aromatic rings. The number of ether oxygens (including phenoxy) is 2. The van der Waals surface area contributed by atoms with Gasteiger partial charge in [-0.3, -0.25) is 4.79 Å². The number of aromatic amines is 1. The van der Waals surface area contributed by atoms with Crippen molar-refractivity contribution < 1.29 is 9.47 Å². The third-order valence-electron chi connectivity index (χ3n) is 4.34. The number of benzene rings is 1. The van der Waals surface area contributed by atoms with Crippen molar-refractivity contribution in [3.05, 3.63) is 33.6 Å². The average Bonchev–Trinajstić information content (AvgIpc) is 2.95. The maximum Gasteiger partial charge on any atom is 0.231 e. The molecule has 0 saturated heterocycles. The standard InChI is InChI=1S/C18H23NO3/c1-3-4-5-6-7-8-13-12(2)19-15-10-17-16(21-11-22-17)9-14(15)18(13)20/h9-10H,3-8,11H2,1-2H3,(H,19,20). The first-order valence-corrected chi connectivity index (χ1v) is 8.16. The largest absolute Gasteiger partial charge is 0.454 e. The Labute approximate surface area is 130 Å². The van der Waals surface area contributed by atoms with Gasteiger partial charge in [-0.1, -0.05) is 32.6 Å². The number of H-pyrrole nitrogens is 1. The number of fused-ring (bicyclic) bond motifs is 2. The maximum absolute atomic E-state index is 12.8. The molecular weight excluding hydrogens is 278 g/mol. The zero-order chi connectivity index (χ0) is 15.5. The first-order valence-electron chi connectivity index (χ1n) is 8.16. The van der Waals surface area contributed by atoms with Crippen LogP contribution in [0.25, 0.3) is 10.9 Å². The van der Waals surface area contributed by atoms with Crippen LogP contribution in [0.2, 0.25) is 0 Å². The monoisotopic (exact) mass is 301 g/mol. The van der Waals surface area contributed by atoms with Crippen molar-refractivity contribution in [2.24, 2.45) is 0 Å². The van der Waals surface area contributed by atoms with E-state index in [1.807, 2.05) is 13.0 Å². The molecule has 1 aliphatic heterocycles. The van der Waals surface area contributed by atoms with Crippen molar-refractivity contribution in [2.45, 2.75) is 52.4 Å². The number of aromatic nitrogens is 1. The number of hydrogen-bond acceptors (Lipinski definition) is 3. The molecule has 118 valence electrons. The number of unbranched alkanes of at least 4 members (excludes halogenated alkanes) is 4. The van der Waals surface area contributed by atoms with Gasteiger partial charge in [0, 0.05) is 22.7 Å². The third kappa shape index (κ3) is 2.82. The minimum atomic E-state index is 0.125. The van der Waals surface area contributed by atoms with Gasteiger partial charge in [0.25, 0.3) is 0 Å². The van der Waals surface area contributed by atoms with Gasteiger partial charge in [-0.2, -0.15) is 0 Å². The van der Waals surface area contributed by atoms with Crippen LogP contribution in [0.5, 0.6) is 11.5 Å². The van der Waals surface area contributed by atoms with Gasteiger partial charge in [0.2, 0.25) is 6.79 Å². The van der Waals surface area contributed by atoms with Crippen LogP contribution in [0.1, 0.15) is 50.3 Å². The zero-order valence-corrected chi connectivity index (χ0v) is 13.3. The van der Waals surface area contributed by atoms with Gasteiger partial charge in [-0.15, -0.1) is 0 Å². The minimum Gasteiger partial charge on any atom is -0.454 e. The lowest BCUT2D eigenvalue weighted by Crippen LogP contribution is -2.13. The molecule has 1 N–H and O–H groups in total. The number of rotatable bonds is 6. The Bertz CT molecular complexity index is 733. The lowest BCUT2D eigenvalue weighted by atomic mass is 10.0. The molecule has 4 nitrogen and oxygen atoms in total. The Balaban J connectivity index is 1.87. The van der Waals surface area contributed by atoms with Crippen LogP contribution in [0.4, 0.5) is 0 Å². The van der Waals surface area contributed by atoms with Crippen molar-refractivity contribution in [3.8, 4) is 11.5 Å². The molecule has 0 unspecified atom stereocenters. The van der Waals surface area contributed by atoms with E-state index in [-0.39, 0.29) is 12.2 Å². The molecule has 0 bridgehead atoms. The molecule has 1 aromatic carbocycles. The first-order chi connectivity index (χ1) is 10.7. The SMILES string of the molecule is CCCCCCCc1c(C)[nH]c2cc3c(cc2c1=O)OCO3. The normalized spacial score (nSPS) is 13.0. The minimum absolute atomic E-state index is 0.125. The summed E-state index contributed by atoms with van der Waals surface area (Å²) in [5.41, 5.74) is 2.82. The Kier molecular flexibility index (Phi) is 4.36. The molecule has 0 atom stereocenters. The third-order valence-corrected chi connectivity index (χ3v) is 4.34. The van der Waals surface area contributed by atoms with E-state index in [1.165, 1.54) is 25.7 Å². The van der Waals surface area contributed by atoms with Crippen LogP contribution < -0.4 is 14.9 Å². The smallest absolute Gasteiger partial charge is 0.231 e. The molecule has 4 heteroatoms. The highest BCUT2D eigenvalue weighted by molar-refractivity contribution is 5.83. The van der Waals surface area contributed by atoms with Crippen LogP contribution in [0.15, 0.2) is 16.9 Å².